The lowest BCUT2D eigenvalue weighted by Gasteiger charge is -2.37. The van der Waals surface area contributed by atoms with E-state index in [9.17, 15) is 23.5 Å². The summed E-state index contributed by atoms with van der Waals surface area (Å²) in [6.45, 7) is -1.09. The molecule has 0 saturated carbocycles. The number of rotatable bonds is 5. The predicted octanol–water partition coefficient (Wildman–Crippen LogP) is 1.90. The number of imidazole rings is 1. The van der Waals surface area contributed by atoms with E-state index < -0.39 is 36.8 Å². The second kappa shape index (κ2) is 7.24. The maximum atomic E-state index is 13.1. The molecule has 1 aromatic carbocycles. The molecule has 1 aliphatic heterocycles. The number of fused-ring (bicyclic) bond motifs is 1. The molecule has 10 heteroatoms. The standard InChI is InChI=1S/C17H17ClF2N4O3/c1-23-9-21-6-11(23)7-24(8-14(19)20)16(26)17(27)5-15(25)22-13-3-2-10(18)4-12(13)17/h2-4,6,9,14,27H,5,7-8H2,1H3,(H,22,25). The van der Waals surface area contributed by atoms with Crippen LogP contribution in [0.15, 0.2) is 30.7 Å². The summed E-state index contributed by atoms with van der Waals surface area (Å²) in [6, 6.07) is 4.29. The highest BCUT2D eigenvalue weighted by molar-refractivity contribution is 6.30. The Bertz CT molecular complexity index is 889. The van der Waals surface area contributed by atoms with Crippen molar-refractivity contribution in [3.05, 3.63) is 47.0 Å². The number of amides is 2. The highest BCUT2D eigenvalue weighted by Gasteiger charge is 2.47. The van der Waals surface area contributed by atoms with Crippen molar-refractivity contribution in [3.8, 4) is 0 Å². The van der Waals surface area contributed by atoms with E-state index in [2.05, 4.69) is 10.3 Å². The molecule has 0 fully saturated rings. The van der Waals surface area contributed by atoms with Crippen molar-refractivity contribution in [2.24, 2.45) is 7.05 Å². The number of nitrogens with one attached hydrogen (secondary N) is 1. The fraction of sp³-hybridized carbons (Fsp3) is 0.353. The summed E-state index contributed by atoms with van der Waals surface area (Å²) < 4.78 is 27.8. The van der Waals surface area contributed by atoms with Crippen molar-refractivity contribution in [1.29, 1.82) is 0 Å². The van der Waals surface area contributed by atoms with Gasteiger partial charge in [0.15, 0.2) is 5.60 Å². The molecule has 1 aliphatic rings. The van der Waals surface area contributed by atoms with Crippen molar-refractivity contribution in [3.63, 3.8) is 0 Å². The summed E-state index contributed by atoms with van der Waals surface area (Å²) in [4.78, 5) is 29.8. The average molecular weight is 399 g/mol. The molecule has 0 aliphatic carbocycles. The minimum absolute atomic E-state index is 0.0730. The molecular weight excluding hydrogens is 382 g/mol. The van der Waals surface area contributed by atoms with Crippen LogP contribution in [0, 0.1) is 0 Å². The molecule has 2 aromatic rings. The number of benzene rings is 1. The number of nitrogens with zero attached hydrogens (tertiary/aromatic N) is 3. The third-order valence-electron chi connectivity index (χ3n) is 4.39. The number of carbonyl (C=O) groups is 2. The van der Waals surface area contributed by atoms with Gasteiger partial charge in [-0.3, -0.25) is 9.59 Å². The third-order valence-corrected chi connectivity index (χ3v) is 4.62. The number of anilines is 1. The highest BCUT2D eigenvalue weighted by atomic mass is 35.5. The first kappa shape index (κ1) is 19.2. The molecule has 2 amide bonds. The Morgan fingerprint density at radius 1 is 1.52 bits per heavy atom. The largest absolute Gasteiger partial charge is 0.375 e. The van der Waals surface area contributed by atoms with E-state index in [1.807, 2.05) is 0 Å². The number of carbonyl (C=O) groups excluding carboxylic acids is 2. The van der Waals surface area contributed by atoms with Gasteiger partial charge in [0.1, 0.15) is 0 Å². The third kappa shape index (κ3) is 3.79. The van der Waals surface area contributed by atoms with Gasteiger partial charge < -0.3 is 19.9 Å². The van der Waals surface area contributed by atoms with Crippen LogP contribution in [-0.4, -0.2) is 44.3 Å². The van der Waals surface area contributed by atoms with Crippen LogP contribution in [0.1, 0.15) is 17.7 Å². The van der Waals surface area contributed by atoms with E-state index in [0.29, 0.717) is 5.69 Å². The highest BCUT2D eigenvalue weighted by Crippen LogP contribution is 2.39. The van der Waals surface area contributed by atoms with Gasteiger partial charge in [-0.15, -0.1) is 0 Å². The number of alkyl halides is 2. The summed E-state index contributed by atoms with van der Waals surface area (Å²) in [5, 5.41) is 13.9. The summed E-state index contributed by atoms with van der Waals surface area (Å²) in [6.07, 6.45) is -0.501. The molecule has 3 rings (SSSR count). The Morgan fingerprint density at radius 3 is 2.89 bits per heavy atom. The van der Waals surface area contributed by atoms with Gasteiger partial charge in [-0.2, -0.15) is 0 Å². The molecule has 2 heterocycles. The minimum atomic E-state index is -2.82. The minimum Gasteiger partial charge on any atom is -0.375 e. The lowest BCUT2D eigenvalue weighted by atomic mass is 9.84. The van der Waals surface area contributed by atoms with E-state index in [-0.39, 0.29) is 22.8 Å². The lowest BCUT2D eigenvalue weighted by molar-refractivity contribution is -0.158. The van der Waals surface area contributed by atoms with Gasteiger partial charge in [-0.25, -0.2) is 13.8 Å². The molecular formula is C17H17ClF2N4O3. The lowest BCUT2D eigenvalue weighted by Crippen LogP contribution is -2.52. The molecule has 2 N–H and O–H groups in total. The van der Waals surface area contributed by atoms with E-state index in [1.54, 1.807) is 11.6 Å². The fourth-order valence-electron chi connectivity index (χ4n) is 3.06. The van der Waals surface area contributed by atoms with Crippen LogP contribution in [0.5, 0.6) is 0 Å². The summed E-state index contributed by atoms with van der Waals surface area (Å²) in [5.74, 6) is -1.60. The van der Waals surface area contributed by atoms with Crippen molar-refractivity contribution < 1.29 is 23.5 Å². The second-order valence-corrected chi connectivity index (χ2v) is 6.78. The van der Waals surface area contributed by atoms with Crippen LogP contribution in [-0.2, 0) is 28.8 Å². The first-order chi connectivity index (χ1) is 12.7. The monoisotopic (exact) mass is 398 g/mol. The number of aromatic nitrogens is 2. The Hall–Kier alpha value is -2.52. The zero-order chi connectivity index (χ0) is 19.8. The topological polar surface area (TPSA) is 87.5 Å². The van der Waals surface area contributed by atoms with Gasteiger partial charge in [-0.1, -0.05) is 11.6 Å². The predicted molar refractivity (Wildman–Crippen MR) is 93.2 cm³/mol. The maximum Gasteiger partial charge on any atom is 0.260 e. The molecule has 1 aromatic heterocycles. The SMILES string of the molecule is Cn1cncc1CN(CC(F)F)C(=O)C1(O)CC(=O)Nc2ccc(Cl)cc21. The van der Waals surface area contributed by atoms with E-state index >= 15 is 0 Å². The van der Waals surface area contributed by atoms with Crippen molar-refractivity contribution >= 4 is 29.1 Å². The Labute approximate surface area is 158 Å². The Morgan fingerprint density at radius 2 is 2.26 bits per heavy atom. The smallest absolute Gasteiger partial charge is 0.260 e. The van der Waals surface area contributed by atoms with Crippen LogP contribution in [0.25, 0.3) is 0 Å². The number of aliphatic hydroxyl groups is 1. The first-order valence-electron chi connectivity index (χ1n) is 8.05. The maximum absolute atomic E-state index is 13.1. The Kier molecular flexibility index (Phi) is 5.16. The second-order valence-electron chi connectivity index (χ2n) is 6.35. The molecule has 0 radical (unpaired) electrons. The molecule has 0 bridgehead atoms. The van der Waals surface area contributed by atoms with Gasteiger partial charge in [-0.05, 0) is 18.2 Å². The molecule has 0 saturated heterocycles. The van der Waals surface area contributed by atoms with Crippen molar-refractivity contribution in [2.75, 3.05) is 11.9 Å². The summed E-state index contributed by atoms with van der Waals surface area (Å²) >= 11 is 5.96. The number of hydrogen-bond donors (Lipinski definition) is 2. The van der Waals surface area contributed by atoms with E-state index in [0.717, 1.165) is 4.90 Å². The normalized spacial score (nSPS) is 19.0. The molecule has 1 atom stereocenters. The van der Waals surface area contributed by atoms with Crippen LogP contribution in [0.4, 0.5) is 14.5 Å². The Balaban J connectivity index is 2.01. The van der Waals surface area contributed by atoms with Crippen molar-refractivity contribution in [1.82, 2.24) is 14.5 Å². The quantitative estimate of drug-likeness (QED) is 0.805. The van der Waals surface area contributed by atoms with Gasteiger partial charge in [0.25, 0.3) is 12.3 Å². The molecule has 7 nitrogen and oxygen atoms in total. The fourth-order valence-corrected chi connectivity index (χ4v) is 3.23. The van der Waals surface area contributed by atoms with Gasteiger partial charge in [0, 0.05) is 29.5 Å². The van der Waals surface area contributed by atoms with E-state index in [4.69, 9.17) is 11.6 Å². The number of hydrogen-bond acceptors (Lipinski definition) is 4. The van der Waals surface area contributed by atoms with Crippen LogP contribution < -0.4 is 5.32 Å². The number of aryl methyl sites for hydroxylation is 1. The van der Waals surface area contributed by atoms with Gasteiger partial charge >= 0.3 is 0 Å². The summed E-state index contributed by atoms with van der Waals surface area (Å²) in [7, 11) is 1.66. The number of halogens is 3. The zero-order valence-electron chi connectivity index (χ0n) is 14.3. The van der Waals surface area contributed by atoms with Crippen LogP contribution in [0.2, 0.25) is 5.02 Å². The summed E-state index contributed by atoms with van der Waals surface area (Å²) in [5.41, 5.74) is -1.51. The average Bonchev–Trinajstić information content (AvgIpc) is 2.99. The molecule has 1 unspecified atom stereocenters. The molecule has 0 spiro atoms. The van der Waals surface area contributed by atoms with Gasteiger partial charge in [0.2, 0.25) is 5.91 Å². The van der Waals surface area contributed by atoms with Crippen LogP contribution in [0.3, 0.4) is 0 Å². The van der Waals surface area contributed by atoms with Crippen molar-refractivity contribution in [2.45, 2.75) is 25.0 Å². The van der Waals surface area contributed by atoms with E-state index in [1.165, 1.54) is 30.7 Å². The first-order valence-corrected chi connectivity index (χ1v) is 8.43. The molecule has 144 valence electrons. The zero-order valence-corrected chi connectivity index (χ0v) is 15.1. The van der Waals surface area contributed by atoms with Gasteiger partial charge in [0.05, 0.1) is 31.5 Å². The van der Waals surface area contributed by atoms with Crippen LogP contribution >= 0.6 is 11.6 Å². The molecule has 27 heavy (non-hydrogen) atoms.